The molecule has 16 heavy (non-hydrogen) atoms. The number of terminal acetylenes is 1. The summed E-state index contributed by atoms with van der Waals surface area (Å²) in [6, 6.07) is 0. The third-order valence-corrected chi connectivity index (χ3v) is 2.96. The molecule has 0 aromatic heterocycles. The predicted molar refractivity (Wildman–Crippen MR) is 53.7 cm³/mol. The van der Waals surface area contributed by atoms with E-state index < -0.39 is 17.4 Å². The van der Waals surface area contributed by atoms with Crippen LogP contribution in [-0.2, 0) is 4.79 Å². The van der Waals surface area contributed by atoms with Crippen LogP contribution in [0.3, 0.4) is 0 Å². The second-order valence-corrected chi connectivity index (χ2v) is 3.99. The number of ketones is 1. The van der Waals surface area contributed by atoms with Crippen LogP contribution in [0.15, 0.2) is 0 Å². The zero-order valence-electron chi connectivity index (χ0n) is 8.86. The van der Waals surface area contributed by atoms with E-state index in [9.17, 15) is 18.0 Å². The molecule has 0 aromatic rings. The largest absolute Gasteiger partial charge is 0.402 e. The lowest BCUT2D eigenvalue weighted by atomic mass is 9.79. The van der Waals surface area contributed by atoms with E-state index in [1.807, 2.05) is 0 Å². The number of carbonyl (C=O) groups is 1. The molecule has 1 aliphatic rings. The van der Waals surface area contributed by atoms with Gasteiger partial charge in [0.1, 0.15) is 11.2 Å². The first-order valence-corrected chi connectivity index (χ1v) is 5.18. The predicted octanol–water partition coefficient (Wildman–Crippen LogP) is 1.90. The summed E-state index contributed by atoms with van der Waals surface area (Å²) >= 11 is 0. The highest BCUT2D eigenvalue weighted by Crippen LogP contribution is 2.44. The number of hydrogen-bond donors (Lipinski definition) is 1. The number of alkyl halides is 3. The Hall–Kier alpha value is -1.02. The highest BCUT2D eigenvalue weighted by Gasteiger charge is 2.60. The van der Waals surface area contributed by atoms with Crippen LogP contribution >= 0.6 is 0 Å². The SMILES string of the molecule is C#CCCCC(=O)C1(C(F)(F)F)CCNC1. The van der Waals surface area contributed by atoms with Crippen molar-refractivity contribution in [2.24, 2.45) is 5.41 Å². The van der Waals surface area contributed by atoms with Gasteiger partial charge in [-0.15, -0.1) is 12.3 Å². The molecule has 0 amide bonds. The van der Waals surface area contributed by atoms with E-state index in [-0.39, 0.29) is 25.9 Å². The van der Waals surface area contributed by atoms with Gasteiger partial charge in [0.25, 0.3) is 0 Å². The van der Waals surface area contributed by atoms with Gasteiger partial charge in [-0.3, -0.25) is 4.79 Å². The molecule has 1 fully saturated rings. The van der Waals surface area contributed by atoms with Crippen molar-refractivity contribution in [3.05, 3.63) is 0 Å². The summed E-state index contributed by atoms with van der Waals surface area (Å²) in [5.41, 5.74) is -2.18. The Kier molecular flexibility index (Phi) is 3.98. The molecular weight excluding hydrogens is 219 g/mol. The van der Waals surface area contributed by atoms with Crippen molar-refractivity contribution in [3.63, 3.8) is 0 Å². The van der Waals surface area contributed by atoms with Crippen LogP contribution in [0.5, 0.6) is 0 Å². The number of nitrogens with one attached hydrogen (secondary N) is 1. The van der Waals surface area contributed by atoms with E-state index in [1.165, 1.54) is 0 Å². The Morgan fingerprint density at radius 2 is 2.19 bits per heavy atom. The summed E-state index contributed by atoms with van der Waals surface area (Å²) in [4.78, 5) is 11.7. The second kappa shape index (κ2) is 4.88. The quantitative estimate of drug-likeness (QED) is 0.593. The van der Waals surface area contributed by atoms with Crippen LogP contribution < -0.4 is 5.32 Å². The zero-order valence-corrected chi connectivity index (χ0v) is 8.86. The van der Waals surface area contributed by atoms with Gasteiger partial charge in [0.15, 0.2) is 0 Å². The van der Waals surface area contributed by atoms with Crippen LogP contribution in [-0.4, -0.2) is 25.0 Å². The van der Waals surface area contributed by atoms with E-state index in [1.54, 1.807) is 0 Å². The van der Waals surface area contributed by atoms with Crippen LogP contribution in [0.2, 0.25) is 0 Å². The first-order chi connectivity index (χ1) is 7.44. The van der Waals surface area contributed by atoms with E-state index >= 15 is 0 Å². The standard InChI is InChI=1S/C11H14F3NO/c1-2-3-4-5-9(16)10(11(12,13)14)6-7-15-8-10/h1,15H,3-8H2. The zero-order chi connectivity index (χ0) is 12.2. The number of halogens is 3. The topological polar surface area (TPSA) is 29.1 Å². The molecule has 0 aliphatic carbocycles. The Labute approximate surface area is 92.6 Å². The van der Waals surface area contributed by atoms with Gasteiger partial charge in [-0.05, 0) is 19.4 Å². The molecule has 0 saturated carbocycles. The van der Waals surface area contributed by atoms with Crippen molar-refractivity contribution in [2.75, 3.05) is 13.1 Å². The summed E-state index contributed by atoms with van der Waals surface area (Å²) in [5.74, 6) is 1.58. The molecular formula is C11H14F3NO. The lowest BCUT2D eigenvalue weighted by Crippen LogP contribution is -2.46. The van der Waals surface area contributed by atoms with E-state index in [2.05, 4.69) is 11.2 Å². The molecule has 2 nitrogen and oxygen atoms in total. The minimum absolute atomic E-state index is 0.0919. The molecule has 1 unspecified atom stereocenters. The minimum Gasteiger partial charge on any atom is -0.315 e. The van der Waals surface area contributed by atoms with Crippen molar-refractivity contribution in [1.82, 2.24) is 5.32 Å². The van der Waals surface area contributed by atoms with E-state index in [4.69, 9.17) is 6.42 Å². The Balaban J connectivity index is 2.71. The van der Waals surface area contributed by atoms with Crippen LogP contribution in [0.1, 0.15) is 25.7 Å². The fourth-order valence-corrected chi connectivity index (χ4v) is 1.92. The Morgan fingerprint density at radius 3 is 2.62 bits per heavy atom. The molecule has 1 N–H and O–H groups in total. The second-order valence-electron chi connectivity index (χ2n) is 3.99. The number of hydrogen-bond acceptors (Lipinski definition) is 2. The van der Waals surface area contributed by atoms with Gasteiger partial charge >= 0.3 is 6.18 Å². The molecule has 0 bridgehead atoms. The Bertz CT molecular complexity index is 297. The summed E-state index contributed by atoms with van der Waals surface area (Å²) < 4.78 is 38.6. The van der Waals surface area contributed by atoms with E-state index in [0.29, 0.717) is 12.8 Å². The van der Waals surface area contributed by atoms with Gasteiger partial charge in [0.05, 0.1) is 0 Å². The molecule has 0 radical (unpaired) electrons. The molecule has 1 atom stereocenters. The van der Waals surface area contributed by atoms with E-state index in [0.717, 1.165) is 0 Å². The summed E-state index contributed by atoms with van der Waals surface area (Å²) in [5, 5.41) is 2.61. The van der Waals surface area contributed by atoms with Crippen LogP contribution in [0.25, 0.3) is 0 Å². The maximum absolute atomic E-state index is 12.9. The van der Waals surface area contributed by atoms with Crippen molar-refractivity contribution in [2.45, 2.75) is 31.9 Å². The van der Waals surface area contributed by atoms with Crippen molar-refractivity contribution in [1.29, 1.82) is 0 Å². The van der Waals surface area contributed by atoms with Gasteiger partial charge in [0, 0.05) is 19.4 Å². The van der Waals surface area contributed by atoms with Gasteiger partial charge in [-0.1, -0.05) is 0 Å². The van der Waals surface area contributed by atoms with Gasteiger partial charge in [0.2, 0.25) is 0 Å². The average molecular weight is 233 g/mol. The first kappa shape index (κ1) is 13.0. The molecule has 0 spiro atoms. The minimum atomic E-state index is -4.47. The average Bonchev–Trinajstić information content (AvgIpc) is 2.66. The number of carbonyl (C=O) groups excluding carboxylic acids is 1. The fourth-order valence-electron chi connectivity index (χ4n) is 1.92. The molecule has 90 valence electrons. The van der Waals surface area contributed by atoms with Crippen molar-refractivity contribution < 1.29 is 18.0 Å². The van der Waals surface area contributed by atoms with Crippen molar-refractivity contribution >= 4 is 5.78 Å². The maximum atomic E-state index is 12.9. The Morgan fingerprint density at radius 1 is 1.50 bits per heavy atom. The molecule has 1 aliphatic heterocycles. The number of Topliss-reactive ketones (excluding diaryl/α,β-unsaturated/α-hetero) is 1. The number of unbranched alkanes of at least 4 members (excludes halogenated alkanes) is 1. The van der Waals surface area contributed by atoms with Crippen molar-refractivity contribution in [3.8, 4) is 12.3 Å². The molecule has 1 rings (SSSR count). The summed E-state index contributed by atoms with van der Waals surface area (Å²) in [7, 11) is 0. The van der Waals surface area contributed by atoms with Crippen LogP contribution in [0, 0.1) is 17.8 Å². The van der Waals surface area contributed by atoms with Crippen LogP contribution in [0.4, 0.5) is 13.2 Å². The molecule has 0 aromatic carbocycles. The summed E-state index contributed by atoms with van der Waals surface area (Å²) in [6.07, 6.45) is 0.936. The lowest BCUT2D eigenvalue weighted by Gasteiger charge is -2.29. The highest BCUT2D eigenvalue weighted by molar-refractivity contribution is 5.86. The lowest BCUT2D eigenvalue weighted by molar-refractivity contribution is -0.214. The highest BCUT2D eigenvalue weighted by atomic mass is 19.4. The monoisotopic (exact) mass is 233 g/mol. The third kappa shape index (κ3) is 2.38. The maximum Gasteiger partial charge on any atom is 0.402 e. The van der Waals surface area contributed by atoms with Gasteiger partial charge < -0.3 is 5.32 Å². The molecule has 5 heteroatoms. The normalized spacial score (nSPS) is 25.4. The van der Waals surface area contributed by atoms with Gasteiger partial charge in [-0.25, -0.2) is 0 Å². The first-order valence-electron chi connectivity index (χ1n) is 5.18. The van der Waals surface area contributed by atoms with Gasteiger partial charge in [-0.2, -0.15) is 13.2 Å². The smallest absolute Gasteiger partial charge is 0.315 e. The molecule has 1 saturated heterocycles. The number of rotatable bonds is 4. The molecule has 1 heterocycles. The fraction of sp³-hybridized carbons (Fsp3) is 0.727. The third-order valence-electron chi connectivity index (χ3n) is 2.96. The summed E-state index contributed by atoms with van der Waals surface area (Å²) in [6.45, 7) is -0.0637.